The van der Waals surface area contributed by atoms with Crippen LogP contribution >= 0.6 is 0 Å². The highest BCUT2D eigenvalue weighted by Gasteiger charge is 2.17. The van der Waals surface area contributed by atoms with Gasteiger partial charge in [0, 0.05) is 19.2 Å². The third kappa shape index (κ3) is 4.61. The second-order valence-corrected chi connectivity index (χ2v) is 5.27. The summed E-state index contributed by atoms with van der Waals surface area (Å²) in [6.45, 7) is 0.428. The molecule has 1 rings (SSSR count). The Morgan fingerprint density at radius 1 is 1.47 bits per heavy atom. The van der Waals surface area contributed by atoms with Crippen molar-refractivity contribution in [2.45, 2.75) is 4.90 Å². The molecule has 1 aromatic carbocycles. The summed E-state index contributed by atoms with van der Waals surface area (Å²) in [6, 6.07) is 3.30. The Morgan fingerprint density at radius 3 is 2.84 bits per heavy atom. The number of hydrogen-bond donors (Lipinski definition) is 2. The lowest BCUT2D eigenvalue weighted by atomic mass is 10.2. The van der Waals surface area contributed by atoms with E-state index in [4.69, 9.17) is 10.5 Å². The van der Waals surface area contributed by atoms with Gasteiger partial charge in [0.2, 0.25) is 10.0 Å². The van der Waals surface area contributed by atoms with Crippen LogP contribution in [0, 0.1) is 17.7 Å². The quantitative estimate of drug-likeness (QED) is 0.592. The Bertz CT molecular complexity index is 591. The maximum atomic E-state index is 13.1. The molecule has 0 radical (unpaired) electrons. The number of nitrogens with two attached hydrogens (primary N) is 1. The number of sulfonamides is 1. The number of ether oxygens (including phenoxy) is 1. The molecule has 0 unspecified atom stereocenters. The molecule has 0 aliphatic carbocycles. The summed E-state index contributed by atoms with van der Waals surface area (Å²) < 4.78 is 44.3. The molecular weight excluding hydrogens is 271 g/mol. The van der Waals surface area contributed by atoms with Gasteiger partial charge in [-0.3, -0.25) is 0 Å². The Hall–Kier alpha value is -1.46. The normalized spacial score (nSPS) is 10.9. The van der Waals surface area contributed by atoms with Gasteiger partial charge in [-0.25, -0.2) is 17.5 Å². The summed E-state index contributed by atoms with van der Waals surface area (Å²) in [7, 11) is -2.29. The molecule has 3 N–H and O–H groups in total. The molecule has 0 amide bonds. The lowest BCUT2D eigenvalue weighted by molar-refractivity contribution is 0.204. The predicted octanol–water partition coefficient (Wildman–Crippen LogP) is 0.0606. The Kier molecular flexibility index (Phi) is 5.92. The Labute approximate surface area is 112 Å². The number of benzene rings is 1. The first-order chi connectivity index (χ1) is 9.01. The molecular formula is C12H15FN2O3S. The molecule has 0 saturated carbocycles. The summed E-state index contributed by atoms with van der Waals surface area (Å²) in [6.07, 6.45) is 0. The average Bonchev–Trinajstić information content (AvgIpc) is 2.36. The summed E-state index contributed by atoms with van der Waals surface area (Å²) in [5.74, 6) is 4.49. The Balaban J connectivity index is 3.11. The zero-order chi connectivity index (χ0) is 14.3. The highest BCUT2D eigenvalue weighted by atomic mass is 32.2. The fraction of sp³-hybridized carbons (Fsp3) is 0.333. The molecule has 0 bridgehead atoms. The third-order valence-electron chi connectivity index (χ3n) is 2.15. The van der Waals surface area contributed by atoms with Gasteiger partial charge >= 0.3 is 0 Å². The molecule has 0 aliphatic rings. The number of rotatable bonds is 5. The van der Waals surface area contributed by atoms with Crippen molar-refractivity contribution in [2.24, 2.45) is 5.73 Å². The maximum absolute atomic E-state index is 13.1. The fourth-order valence-corrected chi connectivity index (χ4v) is 2.49. The summed E-state index contributed by atoms with van der Waals surface area (Å²) in [5, 5.41) is 0. The predicted molar refractivity (Wildman–Crippen MR) is 69.4 cm³/mol. The zero-order valence-electron chi connectivity index (χ0n) is 10.4. The van der Waals surface area contributed by atoms with Crippen LogP contribution in [0.15, 0.2) is 23.1 Å². The van der Waals surface area contributed by atoms with Crippen molar-refractivity contribution in [3.8, 4) is 11.8 Å². The second kappa shape index (κ2) is 7.21. The number of methoxy groups -OCH3 is 1. The van der Waals surface area contributed by atoms with Crippen LogP contribution in [0.2, 0.25) is 0 Å². The van der Waals surface area contributed by atoms with E-state index in [1.807, 2.05) is 0 Å². The van der Waals surface area contributed by atoms with E-state index in [1.54, 1.807) is 0 Å². The summed E-state index contributed by atoms with van der Waals surface area (Å²) in [5.41, 5.74) is 5.30. The molecule has 1 aromatic rings. The molecule has 0 heterocycles. The monoisotopic (exact) mass is 286 g/mol. The highest BCUT2D eigenvalue weighted by molar-refractivity contribution is 7.89. The lowest BCUT2D eigenvalue weighted by Crippen LogP contribution is -2.27. The van der Waals surface area contributed by atoms with Crippen molar-refractivity contribution in [3.05, 3.63) is 29.6 Å². The van der Waals surface area contributed by atoms with Crippen LogP contribution in [0.1, 0.15) is 5.56 Å². The van der Waals surface area contributed by atoms with Crippen molar-refractivity contribution in [2.75, 3.05) is 26.8 Å². The van der Waals surface area contributed by atoms with Crippen molar-refractivity contribution in [3.63, 3.8) is 0 Å². The minimum atomic E-state index is -3.75. The maximum Gasteiger partial charge on any atom is 0.241 e. The number of halogens is 1. The van der Waals surface area contributed by atoms with E-state index >= 15 is 0 Å². The van der Waals surface area contributed by atoms with Crippen LogP contribution in [-0.4, -0.2) is 35.2 Å². The topological polar surface area (TPSA) is 81.4 Å². The van der Waals surface area contributed by atoms with Crippen molar-refractivity contribution in [1.29, 1.82) is 0 Å². The molecule has 0 aromatic heterocycles. The van der Waals surface area contributed by atoms with Crippen LogP contribution in [0.3, 0.4) is 0 Å². The molecule has 5 nitrogen and oxygen atoms in total. The van der Waals surface area contributed by atoms with Gasteiger partial charge in [-0.15, -0.1) is 0 Å². The Morgan fingerprint density at radius 2 is 2.21 bits per heavy atom. The van der Waals surface area contributed by atoms with Crippen LogP contribution < -0.4 is 10.5 Å². The van der Waals surface area contributed by atoms with Crippen molar-refractivity contribution >= 4 is 10.0 Å². The van der Waals surface area contributed by atoms with Gasteiger partial charge in [0.1, 0.15) is 5.82 Å². The van der Waals surface area contributed by atoms with E-state index in [2.05, 4.69) is 16.6 Å². The number of hydrogen-bond acceptors (Lipinski definition) is 4. The van der Waals surface area contributed by atoms with E-state index in [0.29, 0.717) is 0 Å². The first-order valence-electron chi connectivity index (χ1n) is 5.48. The molecule has 19 heavy (non-hydrogen) atoms. The molecule has 104 valence electrons. The second-order valence-electron chi connectivity index (χ2n) is 3.54. The molecule has 7 heteroatoms. The molecule has 0 saturated heterocycles. The number of nitrogens with one attached hydrogen (secondary N) is 1. The molecule has 0 aliphatic heterocycles. The summed E-state index contributed by atoms with van der Waals surface area (Å²) >= 11 is 0. The van der Waals surface area contributed by atoms with Gasteiger partial charge in [-0.2, -0.15) is 0 Å². The van der Waals surface area contributed by atoms with E-state index in [1.165, 1.54) is 13.2 Å². The SMILES string of the molecule is COCCNS(=O)(=O)c1ccc(F)cc1C#CCN. The van der Waals surface area contributed by atoms with Gasteiger partial charge in [0.25, 0.3) is 0 Å². The standard InChI is InChI=1S/C12H15FN2O3S/c1-18-8-7-15-19(16,17)12-5-4-11(13)9-10(12)3-2-6-14/h4-5,9,15H,6-8,14H2,1H3. The third-order valence-corrected chi connectivity index (χ3v) is 3.67. The lowest BCUT2D eigenvalue weighted by Gasteiger charge is -2.08. The van der Waals surface area contributed by atoms with Gasteiger partial charge in [0.05, 0.1) is 18.0 Å². The first-order valence-corrected chi connectivity index (χ1v) is 6.96. The van der Waals surface area contributed by atoms with Crippen LogP contribution in [0.25, 0.3) is 0 Å². The van der Waals surface area contributed by atoms with Gasteiger partial charge in [-0.1, -0.05) is 11.8 Å². The van der Waals surface area contributed by atoms with Gasteiger partial charge < -0.3 is 10.5 Å². The van der Waals surface area contributed by atoms with E-state index in [-0.39, 0.29) is 30.2 Å². The fourth-order valence-electron chi connectivity index (χ4n) is 1.34. The highest BCUT2D eigenvalue weighted by Crippen LogP contribution is 2.16. The largest absolute Gasteiger partial charge is 0.383 e. The minimum absolute atomic E-state index is 0.0626. The average molecular weight is 286 g/mol. The summed E-state index contributed by atoms with van der Waals surface area (Å²) in [4.78, 5) is -0.0778. The zero-order valence-corrected chi connectivity index (χ0v) is 11.3. The van der Waals surface area contributed by atoms with Gasteiger partial charge in [0.15, 0.2) is 0 Å². The first kappa shape index (κ1) is 15.6. The molecule has 0 fully saturated rings. The van der Waals surface area contributed by atoms with Gasteiger partial charge in [-0.05, 0) is 18.2 Å². The minimum Gasteiger partial charge on any atom is -0.383 e. The van der Waals surface area contributed by atoms with E-state index in [0.717, 1.165) is 12.1 Å². The van der Waals surface area contributed by atoms with Crippen LogP contribution in [0.5, 0.6) is 0 Å². The van der Waals surface area contributed by atoms with Crippen LogP contribution in [-0.2, 0) is 14.8 Å². The smallest absolute Gasteiger partial charge is 0.241 e. The van der Waals surface area contributed by atoms with Crippen LogP contribution in [0.4, 0.5) is 4.39 Å². The van der Waals surface area contributed by atoms with E-state index < -0.39 is 15.8 Å². The van der Waals surface area contributed by atoms with E-state index in [9.17, 15) is 12.8 Å². The van der Waals surface area contributed by atoms with Crippen molar-refractivity contribution in [1.82, 2.24) is 4.72 Å². The molecule has 0 spiro atoms. The van der Waals surface area contributed by atoms with Crippen molar-refractivity contribution < 1.29 is 17.5 Å². The molecule has 0 atom stereocenters.